The second-order valence-electron chi connectivity index (χ2n) is 4.02. The van der Waals surface area contributed by atoms with E-state index in [2.05, 4.69) is 20.7 Å². The number of hydrogen-bond acceptors (Lipinski definition) is 4. The van der Waals surface area contributed by atoms with Crippen LogP contribution in [0, 0.1) is 17.1 Å². The van der Waals surface area contributed by atoms with E-state index < -0.39 is 15.8 Å². The van der Waals surface area contributed by atoms with Crippen molar-refractivity contribution in [3.63, 3.8) is 0 Å². The fraction of sp³-hybridized carbons (Fsp3) is 0. The Morgan fingerprint density at radius 1 is 1.24 bits per heavy atom. The molecule has 108 valence electrons. The third-order valence-electron chi connectivity index (χ3n) is 2.57. The van der Waals surface area contributed by atoms with Gasteiger partial charge in [0, 0.05) is 4.47 Å². The molecule has 0 amide bonds. The quantitative estimate of drug-likeness (QED) is 0.812. The normalized spacial score (nSPS) is 10.9. The fourth-order valence-corrected chi connectivity index (χ4v) is 3.00. The van der Waals surface area contributed by atoms with Crippen LogP contribution in [0.15, 0.2) is 45.8 Å². The summed E-state index contributed by atoms with van der Waals surface area (Å²) >= 11 is 3.15. The van der Waals surface area contributed by atoms with E-state index in [1.54, 1.807) is 12.1 Å². The van der Waals surface area contributed by atoms with E-state index in [1.165, 1.54) is 12.1 Å². The van der Waals surface area contributed by atoms with Crippen molar-refractivity contribution in [2.24, 2.45) is 0 Å². The molecule has 0 heterocycles. The number of hydrogen-bond donors (Lipinski definition) is 2. The highest BCUT2D eigenvalue weighted by Crippen LogP contribution is 2.29. The Hall–Kier alpha value is -2.11. The SMILES string of the molecule is N#Cc1cc(S(=O)(=O)Nc2cc(Br)ccc2O)ccc1F. The number of nitrogens with one attached hydrogen (secondary N) is 1. The zero-order valence-electron chi connectivity index (χ0n) is 10.3. The van der Waals surface area contributed by atoms with Crippen LogP contribution >= 0.6 is 15.9 Å². The van der Waals surface area contributed by atoms with Gasteiger partial charge in [0.2, 0.25) is 0 Å². The maximum atomic E-state index is 13.2. The van der Waals surface area contributed by atoms with E-state index in [9.17, 15) is 17.9 Å². The molecule has 0 atom stereocenters. The second-order valence-corrected chi connectivity index (χ2v) is 6.62. The van der Waals surface area contributed by atoms with E-state index in [-0.39, 0.29) is 21.9 Å². The largest absolute Gasteiger partial charge is 0.506 e. The first-order valence-electron chi connectivity index (χ1n) is 5.54. The van der Waals surface area contributed by atoms with Crippen molar-refractivity contribution < 1.29 is 17.9 Å². The molecule has 0 aliphatic carbocycles. The summed E-state index contributed by atoms with van der Waals surface area (Å²) in [7, 11) is -4.05. The molecular formula is C13H8BrFN2O3S. The molecule has 0 saturated carbocycles. The van der Waals surface area contributed by atoms with Crippen LogP contribution in [0.4, 0.5) is 10.1 Å². The maximum absolute atomic E-state index is 13.2. The fourth-order valence-electron chi connectivity index (χ4n) is 1.55. The molecule has 0 fully saturated rings. The lowest BCUT2D eigenvalue weighted by Gasteiger charge is -2.10. The Balaban J connectivity index is 2.44. The molecule has 5 nitrogen and oxygen atoms in total. The number of nitriles is 1. The minimum absolute atomic E-state index is 0.0350. The van der Waals surface area contributed by atoms with E-state index in [0.717, 1.165) is 18.2 Å². The van der Waals surface area contributed by atoms with Crippen LogP contribution in [0.1, 0.15) is 5.56 Å². The van der Waals surface area contributed by atoms with Crippen molar-refractivity contribution in [1.29, 1.82) is 5.26 Å². The molecule has 2 N–H and O–H groups in total. The highest BCUT2D eigenvalue weighted by atomic mass is 79.9. The molecule has 21 heavy (non-hydrogen) atoms. The van der Waals surface area contributed by atoms with Crippen LogP contribution in [-0.4, -0.2) is 13.5 Å². The third-order valence-corrected chi connectivity index (χ3v) is 4.43. The number of rotatable bonds is 3. The van der Waals surface area contributed by atoms with Gasteiger partial charge >= 0.3 is 0 Å². The summed E-state index contributed by atoms with van der Waals surface area (Å²) in [5.41, 5.74) is -0.413. The van der Waals surface area contributed by atoms with Crippen molar-refractivity contribution in [2.45, 2.75) is 4.90 Å². The van der Waals surface area contributed by atoms with Crippen molar-refractivity contribution in [2.75, 3.05) is 4.72 Å². The predicted molar refractivity (Wildman–Crippen MR) is 77.7 cm³/mol. The molecule has 2 aromatic rings. The van der Waals surface area contributed by atoms with Gasteiger partial charge < -0.3 is 5.11 Å². The maximum Gasteiger partial charge on any atom is 0.262 e. The van der Waals surface area contributed by atoms with Crippen molar-refractivity contribution in [1.82, 2.24) is 0 Å². The molecule has 0 saturated heterocycles. The molecule has 0 bridgehead atoms. The zero-order chi connectivity index (χ0) is 15.6. The van der Waals surface area contributed by atoms with Crippen LogP contribution in [0.5, 0.6) is 5.75 Å². The summed E-state index contributed by atoms with van der Waals surface area (Å²) in [5.74, 6) is -1.06. The average molecular weight is 371 g/mol. The highest BCUT2D eigenvalue weighted by Gasteiger charge is 2.18. The number of sulfonamides is 1. The molecule has 2 rings (SSSR count). The first-order valence-corrected chi connectivity index (χ1v) is 7.82. The lowest BCUT2D eigenvalue weighted by Crippen LogP contribution is -2.13. The van der Waals surface area contributed by atoms with Gasteiger partial charge in [0.25, 0.3) is 10.0 Å². The Kier molecular flexibility index (Phi) is 4.16. The van der Waals surface area contributed by atoms with Gasteiger partial charge in [0.15, 0.2) is 0 Å². The second kappa shape index (κ2) is 5.71. The first-order chi connectivity index (χ1) is 9.83. The average Bonchev–Trinajstić information content (AvgIpc) is 2.43. The van der Waals surface area contributed by atoms with Crippen molar-refractivity contribution in [3.8, 4) is 11.8 Å². The molecule has 0 aliphatic heterocycles. The number of anilines is 1. The molecule has 0 radical (unpaired) electrons. The highest BCUT2D eigenvalue weighted by molar-refractivity contribution is 9.10. The molecule has 8 heteroatoms. The summed E-state index contributed by atoms with van der Waals surface area (Å²) in [6.45, 7) is 0. The number of halogens is 2. The number of phenols is 1. The summed E-state index contributed by atoms with van der Waals surface area (Å²) < 4.78 is 40.3. The summed E-state index contributed by atoms with van der Waals surface area (Å²) in [5, 5.41) is 18.4. The molecule has 0 spiro atoms. The lowest BCUT2D eigenvalue weighted by atomic mass is 10.2. The van der Waals surface area contributed by atoms with Crippen LogP contribution in [0.25, 0.3) is 0 Å². The minimum atomic E-state index is -4.05. The Morgan fingerprint density at radius 2 is 1.95 bits per heavy atom. The predicted octanol–water partition coefficient (Wildman–Crippen LogP) is 2.97. The Labute approximate surface area is 128 Å². The van der Waals surface area contributed by atoms with Gasteiger partial charge in [-0.1, -0.05) is 15.9 Å². The first kappa shape index (κ1) is 15.3. The summed E-state index contributed by atoms with van der Waals surface area (Å²) in [6, 6.07) is 8.65. The number of benzene rings is 2. The summed E-state index contributed by atoms with van der Waals surface area (Å²) in [6.07, 6.45) is 0. The van der Waals surface area contributed by atoms with Gasteiger partial charge in [0.1, 0.15) is 17.6 Å². The van der Waals surface area contributed by atoms with Gasteiger partial charge in [-0.25, -0.2) is 12.8 Å². The molecule has 0 aliphatic rings. The molecular weight excluding hydrogens is 363 g/mol. The van der Waals surface area contributed by atoms with Crippen LogP contribution in [0.2, 0.25) is 0 Å². The van der Waals surface area contributed by atoms with Crippen LogP contribution in [-0.2, 0) is 10.0 Å². The topological polar surface area (TPSA) is 90.2 Å². The smallest absolute Gasteiger partial charge is 0.262 e. The number of phenolic OH excluding ortho intramolecular Hbond substituents is 1. The standard InChI is InChI=1S/C13H8BrFN2O3S/c14-9-1-4-13(18)12(6-9)17-21(19,20)10-2-3-11(15)8(5-10)7-16/h1-6,17-18H. The van der Waals surface area contributed by atoms with E-state index >= 15 is 0 Å². The monoisotopic (exact) mass is 370 g/mol. The van der Waals surface area contributed by atoms with E-state index in [4.69, 9.17) is 5.26 Å². The van der Waals surface area contributed by atoms with Gasteiger partial charge in [-0.05, 0) is 36.4 Å². The van der Waals surface area contributed by atoms with Gasteiger partial charge in [-0.3, -0.25) is 4.72 Å². The molecule has 0 aromatic heterocycles. The van der Waals surface area contributed by atoms with Crippen molar-refractivity contribution >= 4 is 31.6 Å². The van der Waals surface area contributed by atoms with Gasteiger partial charge in [-0.15, -0.1) is 0 Å². The van der Waals surface area contributed by atoms with Crippen LogP contribution < -0.4 is 4.72 Å². The minimum Gasteiger partial charge on any atom is -0.506 e. The van der Waals surface area contributed by atoms with Gasteiger partial charge in [0.05, 0.1) is 16.1 Å². The van der Waals surface area contributed by atoms with E-state index in [1.807, 2.05) is 0 Å². The van der Waals surface area contributed by atoms with Crippen LogP contribution in [0.3, 0.4) is 0 Å². The number of nitrogens with zero attached hydrogens (tertiary/aromatic N) is 1. The van der Waals surface area contributed by atoms with Gasteiger partial charge in [-0.2, -0.15) is 5.26 Å². The third kappa shape index (κ3) is 3.32. The van der Waals surface area contributed by atoms with Crippen molar-refractivity contribution in [3.05, 3.63) is 52.3 Å². The number of aromatic hydroxyl groups is 1. The molecule has 2 aromatic carbocycles. The zero-order valence-corrected chi connectivity index (χ0v) is 12.7. The Morgan fingerprint density at radius 3 is 2.62 bits per heavy atom. The molecule has 0 unspecified atom stereocenters. The summed E-state index contributed by atoms with van der Waals surface area (Å²) in [4.78, 5) is -0.278. The lowest BCUT2D eigenvalue weighted by molar-refractivity contribution is 0.477. The van der Waals surface area contributed by atoms with E-state index in [0.29, 0.717) is 4.47 Å². The Bertz CT molecular complexity index is 847.